The van der Waals surface area contributed by atoms with Crippen molar-refractivity contribution in [2.75, 3.05) is 0 Å². The van der Waals surface area contributed by atoms with Crippen LogP contribution in [0.25, 0.3) is 0 Å². The summed E-state index contributed by atoms with van der Waals surface area (Å²) in [5, 5.41) is 8.42. The standard InChI is InChI=1S/C6H6Cl2N2/c1-2-5-6(8)4(7)3-9-10-5/h3H,2H2,1H3. The summed E-state index contributed by atoms with van der Waals surface area (Å²) in [6.07, 6.45) is 2.19. The van der Waals surface area contributed by atoms with E-state index in [4.69, 9.17) is 23.2 Å². The van der Waals surface area contributed by atoms with E-state index in [0.29, 0.717) is 10.0 Å². The molecule has 0 aliphatic heterocycles. The molecule has 0 saturated carbocycles. The Morgan fingerprint density at radius 3 is 2.70 bits per heavy atom. The maximum absolute atomic E-state index is 5.76. The molecular weight excluding hydrogens is 171 g/mol. The molecule has 1 rings (SSSR count). The monoisotopic (exact) mass is 176 g/mol. The van der Waals surface area contributed by atoms with E-state index in [-0.39, 0.29) is 0 Å². The van der Waals surface area contributed by atoms with Gasteiger partial charge in [0.15, 0.2) is 0 Å². The highest BCUT2D eigenvalue weighted by Gasteiger charge is 2.03. The number of aryl methyl sites for hydroxylation is 1. The molecule has 1 aromatic rings. The molecular formula is C6H6Cl2N2. The lowest BCUT2D eigenvalue weighted by Gasteiger charge is -1.97. The number of nitrogens with zero attached hydrogens (tertiary/aromatic N) is 2. The van der Waals surface area contributed by atoms with Crippen molar-refractivity contribution in [2.45, 2.75) is 13.3 Å². The van der Waals surface area contributed by atoms with Crippen LogP contribution in [0.2, 0.25) is 10.0 Å². The second kappa shape index (κ2) is 3.17. The molecule has 0 aromatic carbocycles. The van der Waals surface area contributed by atoms with Crippen molar-refractivity contribution >= 4 is 23.2 Å². The van der Waals surface area contributed by atoms with Gasteiger partial charge in [0.1, 0.15) is 0 Å². The molecule has 10 heavy (non-hydrogen) atoms. The quantitative estimate of drug-likeness (QED) is 0.657. The highest BCUT2D eigenvalue weighted by atomic mass is 35.5. The summed E-state index contributed by atoms with van der Waals surface area (Å²) in [6.45, 7) is 1.95. The molecule has 0 aliphatic rings. The second-order valence-corrected chi connectivity index (χ2v) is 2.59. The van der Waals surface area contributed by atoms with E-state index in [2.05, 4.69) is 10.2 Å². The Kier molecular flexibility index (Phi) is 2.46. The molecule has 0 N–H and O–H groups in total. The van der Waals surface area contributed by atoms with Crippen molar-refractivity contribution in [3.8, 4) is 0 Å². The number of rotatable bonds is 1. The predicted octanol–water partition coefficient (Wildman–Crippen LogP) is 2.35. The number of hydrogen-bond donors (Lipinski definition) is 0. The normalized spacial score (nSPS) is 9.90. The molecule has 0 bridgehead atoms. The molecule has 0 radical (unpaired) electrons. The zero-order chi connectivity index (χ0) is 7.56. The molecule has 0 fully saturated rings. The van der Waals surface area contributed by atoms with Crippen LogP contribution in [0.1, 0.15) is 12.6 Å². The molecule has 1 aromatic heterocycles. The van der Waals surface area contributed by atoms with Gasteiger partial charge in [-0.25, -0.2) is 0 Å². The van der Waals surface area contributed by atoms with Gasteiger partial charge in [-0.3, -0.25) is 0 Å². The fourth-order valence-corrected chi connectivity index (χ4v) is 0.987. The summed E-state index contributed by atoms with van der Waals surface area (Å²) < 4.78 is 0. The molecule has 4 heteroatoms. The van der Waals surface area contributed by atoms with Crippen molar-refractivity contribution in [1.82, 2.24) is 10.2 Å². The van der Waals surface area contributed by atoms with Gasteiger partial charge in [-0.2, -0.15) is 10.2 Å². The first-order valence-corrected chi connectivity index (χ1v) is 3.67. The molecule has 0 aliphatic carbocycles. The third-order valence-corrected chi connectivity index (χ3v) is 1.95. The Morgan fingerprint density at radius 2 is 2.20 bits per heavy atom. The lowest BCUT2D eigenvalue weighted by atomic mass is 10.3. The van der Waals surface area contributed by atoms with E-state index in [9.17, 15) is 0 Å². The zero-order valence-corrected chi connectivity index (χ0v) is 6.95. The van der Waals surface area contributed by atoms with Gasteiger partial charge in [-0.15, -0.1) is 0 Å². The van der Waals surface area contributed by atoms with Crippen molar-refractivity contribution in [3.63, 3.8) is 0 Å². The molecule has 54 valence electrons. The van der Waals surface area contributed by atoms with Gasteiger partial charge < -0.3 is 0 Å². The van der Waals surface area contributed by atoms with E-state index >= 15 is 0 Å². The average Bonchev–Trinajstić information content (AvgIpc) is 1.95. The Bertz CT molecular complexity index is 237. The van der Waals surface area contributed by atoms with E-state index in [1.807, 2.05) is 6.92 Å². The lowest BCUT2D eigenvalue weighted by molar-refractivity contribution is 0.919. The fourth-order valence-electron chi connectivity index (χ4n) is 0.614. The molecule has 0 atom stereocenters. The van der Waals surface area contributed by atoms with E-state index in [1.165, 1.54) is 6.20 Å². The SMILES string of the molecule is CCc1nncc(Cl)c1Cl. The van der Waals surface area contributed by atoms with Crippen LogP contribution in [0.3, 0.4) is 0 Å². The van der Waals surface area contributed by atoms with Crippen LogP contribution in [0, 0.1) is 0 Å². The van der Waals surface area contributed by atoms with Gasteiger partial charge in [0.2, 0.25) is 0 Å². The topological polar surface area (TPSA) is 25.8 Å². The maximum Gasteiger partial charge on any atom is 0.0842 e. The summed E-state index contributed by atoms with van der Waals surface area (Å²) in [5.41, 5.74) is 0.745. The number of hydrogen-bond acceptors (Lipinski definition) is 2. The van der Waals surface area contributed by atoms with E-state index in [1.54, 1.807) is 0 Å². The first-order valence-electron chi connectivity index (χ1n) is 2.91. The lowest BCUT2D eigenvalue weighted by Crippen LogP contribution is -1.91. The van der Waals surface area contributed by atoms with Crippen LogP contribution in [-0.2, 0) is 6.42 Å². The summed E-state index contributed by atoms with van der Waals surface area (Å²) in [6, 6.07) is 0. The number of aromatic nitrogens is 2. The van der Waals surface area contributed by atoms with Gasteiger partial charge in [-0.05, 0) is 6.42 Å². The minimum atomic E-state index is 0.466. The van der Waals surface area contributed by atoms with Crippen molar-refractivity contribution in [3.05, 3.63) is 21.9 Å². The van der Waals surface area contributed by atoms with E-state index < -0.39 is 0 Å². The van der Waals surface area contributed by atoms with Crippen LogP contribution < -0.4 is 0 Å². The molecule has 0 amide bonds. The molecule has 0 saturated heterocycles. The minimum Gasteiger partial charge on any atom is -0.157 e. The third-order valence-electron chi connectivity index (χ3n) is 1.15. The van der Waals surface area contributed by atoms with Gasteiger partial charge >= 0.3 is 0 Å². The minimum absolute atomic E-state index is 0.466. The highest BCUT2D eigenvalue weighted by molar-refractivity contribution is 6.42. The van der Waals surface area contributed by atoms with Gasteiger partial charge in [0.05, 0.1) is 21.9 Å². The van der Waals surface area contributed by atoms with Crippen LogP contribution in [0.15, 0.2) is 6.20 Å². The van der Waals surface area contributed by atoms with E-state index in [0.717, 1.165) is 12.1 Å². The summed E-state index contributed by atoms with van der Waals surface area (Å²) in [7, 11) is 0. The Hall–Kier alpha value is -0.340. The number of halogens is 2. The molecule has 2 nitrogen and oxygen atoms in total. The Morgan fingerprint density at radius 1 is 1.50 bits per heavy atom. The third kappa shape index (κ3) is 1.39. The van der Waals surface area contributed by atoms with Gasteiger partial charge in [0, 0.05) is 0 Å². The summed E-state index contributed by atoms with van der Waals surface area (Å²) >= 11 is 11.4. The Labute approximate surface area is 69.2 Å². The summed E-state index contributed by atoms with van der Waals surface area (Å²) in [4.78, 5) is 0. The van der Waals surface area contributed by atoms with Crippen molar-refractivity contribution < 1.29 is 0 Å². The van der Waals surface area contributed by atoms with Crippen LogP contribution in [0.4, 0.5) is 0 Å². The summed E-state index contributed by atoms with van der Waals surface area (Å²) in [5.74, 6) is 0. The zero-order valence-electron chi connectivity index (χ0n) is 5.43. The highest BCUT2D eigenvalue weighted by Crippen LogP contribution is 2.22. The van der Waals surface area contributed by atoms with Crippen molar-refractivity contribution in [1.29, 1.82) is 0 Å². The smallest absolute Gasteiger partial charge is 0.0842 e. The van der Waals surface area contributed by atoms with Gasteiger partial charge in [0.25, 0.3) is 0 Å². The van der Waals surface area contributed by atoms with Crippen LogP contribution >= 0.6 is 23.2 Å². The van der Waals surface area contributed by atoms with Crippen molar-refractivity contribution in [2.24, 2.45) is 0 Å². The predicted molar refractivity (Wildman–Crippen MR) is 41.4 cm³/mol. The molecule has 0 spiro atoms. The van der Waals surface area contributed by atoms with Crippen LogP contribution in [-0.4, -0.2) is 10.2 Å². The van der Waals surface area contributed by atoms with Crippen LogP contribution in [0.5, 0.6) is 0 Å². The Balaban J connectivity index is 3.14. The largest absolute Gasteiger partial charge is 0.157 e. The molecule has 1 heterocycles. The second-order valence-electron chi connectivity index (χ2n) is 1.81. The maximum atomic E-state index is 5.76. The van der Waals surface area contributed by atoms with Gasteiger partial charge in [-0.1, -0.05) is 30.1 Å². The fraction of sp³-hybridized carbons (Fsp3) is 0.333. The first-order chi connectivity index (χ1) is 4.75. The molecule has 0 unspecified atom stereocenters. The average molecular weight is 177 g/mol. The first kappa shape index (κ1) is 7.76.